The molecule has 0 aliphatic heterocycles. The van der Waals surface area contributed by atoms with E-state index in [0.717, 1.165) is 11.3 Å². The predicted molar refractivity (Wildman–Crippen MR) is 104 cm³/mol. The van der Waals surface area contributed by atoms with Crippen LogP contribution in [0.5, 0.6) is 0 Å². The molecule has 0 unspecified atom stereocenters. The Labute approximate surface area is 162 Å². The van der Waals surface area contributed by atoms with Gasteiger partial charge < -0.3 is 9.64 Å². The first-order valence-electron chi connectivity index (χ1n) is 8.55. The molecule has 0 radical (unpaired) electrons. The summed E-state index contributed by atoms with van der Waals surface area (Å²) in [7, 11) is 1.63. The van der Waals surface area contributed by atoms with Crippen LogP contribution in [0.15, 0.2) is 65.8 Å². The summed E-state index contributed by atoms with van der Waals surface area (Å²) in [5.41, 5.74) is 1.94. The van der Waals surface area contributed by atoms with Gasteiger partial charge in [0.2, 0.25) is 11.1 Å². The van der Waals surface area contributed by atoms with Crippen molar-refractivity contribution in [2.45, 2.75) is 11.7 Å². The van der Waals surface area contributed by atoms with Crippen LogP contribution < -0.4 is 0 Å². The highest BCUT2D eigenvalue weighted by Gasteiger charge is 2.17. The Kier molecular flexibility index (Phi) is 6.95. The van der Waals surface area contributed by atoms with Crippen molar-refractivity contribution in [1.82, 2.24) is 25.1 Å². The molecule has 3 aromatic rings. The minimum atomic E-state index is 0.0171. The van der Waals surface area contributed by atoms with Crippen molar-refractivity contribution in [3.05, 3.63) is 66.2 Å². The van der Waals surface area contributed by atoms with E-state index in [1.165, 1.54) is 11.8 Å². The molecule has 2 aromatic carbocycles. The fourth-order valence-electron chi connectivity index (χ4n) is 2.51. The summed E-state index contributed by atoms with van der Waals surface area (Å²) in [6.45, 7) is 1.58. The van der Waals surface area contributed by atoms with Crippen LogP contribution in [0.25, 0.3) is 5.69 Å². The summed E-state index contributed by atoms with van der Waals surface area (Å²) in [6.07, 6.45) is 0. The van der Waals surface area contributed by atoms with E-state index < -0.39 is 0 Å². The number of rotatable bonds is 9. The summed E-state index contributed by atoms with van der Waals surface area (Å²) in [6, 6.07) is 19.5. The third-order valence-electron chi connectivity index (χ3n) is 3.90. The number of carbonyl (C=O) groups excluding carboxylic acids is 1. The van der Waals surface area contributed by atoms with Crippen LogP contribution in [0.2, 0.25) is 0 Å². The molecule has 140 valence electrons. The lowest BCUT2D eigenvalue weighted by Crippen LogP contribution is -2.34. The Balaban J connectivity index is 1.65. The van der Waals surface area contributed by atoms with Gasteiger partial charge in [-0.3, -0.25) is 4.79 Å². The molecule has 0 aliphatic rings. The van der Waals surface area contributed by atoms with Crippen molar-refractivity contribution < 1.29 is 9.53 Å². The van der Waals surface area contributed by atoms with Crippen LogP contribution in [-0.2, 0) is 16.1 Å². The first kappa shape index (κ1) is 19.1. The number of nitrogens with zero attached hydrogens (tertiary/aromatic N) is 5. The summed E-state index contributed by atoms with van der Waals surface area (Å²) >= 11 is 1.32. The van der Waals surface area contributed by atoms with Crippen LogP contribution in [0, 0.1) is 0 Å². The van der Waals surface area contributed by atoms with Gasteiger partial charge in [-0.05, 0) is 28.1 Å². The van der Waals surface area contributed by atoms with E-state index in [0.29, 0.717) is 24.9 Å². The molecule has 8 heteroatoms. The van der Waals surface area contributed by atoms with Gasteiger partial charge >= 0.3 is 0 Å². The summed E-state index contributed by atoms with van der Waals surface area (Å²) < 4.78 is 6.78. The van der Waals surface area contributed by atoms with Crippen molar-refractivity contribution in [3.63, 3.8) is 0 Å². The molecular formula is C19H21N5O2S. The van der Waals surface area contributed by atoms with Crippen molar-refractivity contribution in [3.8, 4) is 5.69 Å². The summed E-state index contributed by atoms with van der Waals surface area (Å²) in [5, 5.41) is 12.4. The van der Waals surface area contributed by atoms with Crippen molar-refractivity contribution in [2.75, 3.05) is 26.0 Å². The second kappa shape index (κ2) is 9.84. The molecule has 0 spiro atoms. The standard InChI is InChI=1S/C19H21N5O2S/c1-26-13-12-23(14-16-8-4-2-5-9-16)18(25)15-27-19-20-21-22-24(19)17-10-6-3-7-11-17/h2-11H,12-15H2,1H3. The Morgan fingerprint density at radius 2 is 1.81 bits per heavy atom. The number of methoxy groups -OCH3 is 1. The average molecular weight is 383 g/mol. The molecular weight excluding hydrogens is 362 g/mol. The van der Waals surface area contributed by atoms with Crippen molar-refractivity contribution in [2.24, 2.45) is 0 Å². The number of thioether (sulfide) groups is 1. The van der Waals surface area contributed by atoms with E-state index >= 15 is 0 Å². The smallest absolute Gasteiger partial charge is 0.233 e. The second-order valence-electron chi connectivity index (χ2n) is 5.79. The SMILES string of the molecule is COCCN(Cc1ccccc1)C(=O)CSc1nnnn1-c1ccccc1. The van der Waals surface area contributed by atoms with E-state index in [-0.39, 0.29) is 11.7 Å². The van der Waals surface area contributed by atoms with Crippen LogP contribution >= 0.6 is 11.8 Å². The van der Waals surface area contributed by atoms with E-state index in [4.69, 9.17) is 4.74 Å². The van der Waals surface area contributed by atoms with Gasteiger partial charge in [0.25, 0.3) is 0 Å². The predicted octanol–water partition coefficient (Wildman–Crippen LogP) is 2.43. The van der Waals surface area contributed by atoms with Crippen LogP contribution in [0.4, 0.5) is 0 Å². The summed E-state index contributed by atoms with van der Waals surface area (Å²) in [4.78, 5) is 14.6. The van der Waals surface area contributed by atoms with E-state index in [9.17, 15) is 4.79 Å². The first-order chi connectivity index (χ1) is 13.3. The van der Waals surface area contributed by atoms with Gasteiger partial charge in [-0.25, -0.2) is 0 Å². The number of carbonyl (C=O) groups is 1. The van der Waals surface area contributed by atoms with Crippen molar-refractivity contribution in [1.29, 1.82) is 0 Å². The highest BCUT2D eigenvalue weighted by atomic mass is 32.2. The first-order valence-corrected chi connectivity index (χ1v) is 9.53. The molecule has 0 bridgehead atoms. The molecule has 0 atom stereocenters. The van der Waals surface area contributed by atoms with Gasteiger partial charge in [-0.1, -0.05) is 60.3 Å². The second-order valence-corrected chi connectivity index (χ2v) is 6.73. The Morgan fingerprint density at radius 3 is 2.52 bits per heavy atom. The fraction of sp³-hybridized carbons (Fsp3) is 0.263. The Hall–Kier alpha value is -2.71. The zero-order valence-electron chi connectivity index (χ0n) is 15.1. The monoisotopic (exact) mass is 383 g/mol. The summed E-state index contributed by atoms with van der Waals surface area (Å²) in [5.74, 6) is 0.271. The normalized spacial score (nSPS) is 10.7. The molecule has 7 nitrogen and oxygen atoms in total. The largest absolute Gasteiger partial charge is 0.383 e. The van der Waals surface area contributed by atoms with Crippen LogP contribution in [-0.4, -0.2) is 57.0 Å². The maximum atomic E-state index is 12.8. The number of hydrogen-bond acceptors (Lipinski definition) is 6. The molecule has 0 saturated carbocycles. The van der Waals surface area contributed by atoms with Gasteiger partial charge in [-0.15, -0.1) is 5.10 Å². The van der Waals surface area contributed by atoms with Crippen LogP contribution in [0.1, 0.15) is 5.56 Å². The highest BCUT2D eigenvalue weighted by Crippen LogP contribution is 2.19. The minimum absolute atomic E-state index is 0.0171. The third-order valence-corrected chi connectivity index (χ3v) is 4.80. The molecule has 0 fully saturated rings. The van der Waals surface area contributed by atoms with Gasteiger partial charge in [0, 0.05) is 20.2 Å². The maximum Gasteiger partial charge on any atom is 0.233 e. The number of tetrazole rings is 1. The van der Waals surface area contributed by atoms with Crippen molar-refractivity contribution >= 4 is 17.7 Å². The molecule has 0 N–H and O–H groups in total. The number of hydrogen-bond donors (Lipinski definition) is 0. The van der Waals surface area contributed by atoms with E-state index in [2.05, 4.69) is 15.5 Å². The molecule has 1 heterocycles. The number of benzene rings is 2. The number of para-hydroxylation sites is 1. The number of amides is 1. The van der Waals surface area contributed by atoms with Gasteiger partial charge in [0.1, 0.15) is 0 Å². The molecule has 0 saturated heterocycles. The number of ether oxygens (including phenoxy) is 1. The number of aromatic nitrogens is 4. The molecule has 3 rings (SSSR count). The Morgan fingerprint density at radius 1 is 1.11 bits per heavy atom. The van der Waals surface area contributed by atoms with Gasteiger partial charge in [-0.2, -0.15) is 4.68 Å². The Bertz CT molecular complexity index is 842. The highest BCUT2D eigenvalue weighted by molar-refractivity contribution is 7.99. The lowest BCUT2D eigenvalue weighted by molar-refractivity contribution is -0.129. The lowest BCUT2D eigenvalue weighted by atomic mass is 10.2. The quantitative estimate of drug-likeness (QED) is 0.529. The van der Waals surface area contributed by atoms with E-state index in [1.54, 1.807) is 16.7 Å². The third kappa shape index (κ3) is 5.38. The minimum Gasteiger partial charge on any atom is -0.383 e. The van der Waals surface area contributed by atoms with Gasteiger partial charge in [0.15, 0.2) is 0 Å². The lowest BCUT2D eigenvalue weighted by Gasteiger charge is -2.22. The molecule has 1 aromatic heterocycles. The topological polar surface area (TPSA) is 73.1 Å². The zero-order valence-corrected chi connectivity index (χ0v) is 15.9. The zero-order chi connectivity index (χ0) is 18.9. The maximum absolute atomic E-state index is 12.8. The molecule has 0 aliphatic carbocycles. The van der Waals surface area contributed by atoms with Gasteiger partial charge in [0.05, 0.1) is 18.0 Å². The molecule has 27 heavy (non-hydrogen) atoms. The van der Waals surface area contributed by atoms with E-state index in [1.807, 2.05) is 60.7 Å². The molecule has 1 amide bonds. The average Bonchev–Trinajstić information content (AvgIpc) is 3.19. The van der Waals surface area contributed by atoms with Crippen LogP contribution in [0.3, 0.4) is 0 Å². The fourth-order valence-corrected chi connectivity index (χ4v) is 3.31.